The number of hydrogen-bond donors (Lipinski definition) is 1. The highest BCUT2D eigenvalue weighted by Gasteiger charge is 2.59. The second kappa shape index (κ2) is 4.23. The maximum absolute atomic E-state index is 6.33. The Bertz CT molecular complexity index is 320. The van der Waals surface area contributed by atoms with Crippen molar-refractivity contribution < 1.29 is 0 Å². The molecule has 2 bridgehead atoms. The van der Waals surface area contributed by atoms with E-state index in [2.05, 4.69) is 27.7 Å². The molecule has 3 fully saturated rings. The van der Waals surface area contributed by atoms with Gasteiger partial charge in [0.1, 0.15) is 0 Å². The van der Waals surface area contributed by atoms with Gasteiger partial charge in [-0.3, -0.25) is 0 Å². The van der Waals surface area contributed by atoms with E-state index in [0.717, 1.165) is 35.5 Å². The molecule has 0 aromatic carbocycles. The summed E-state index contributed by atoms with van der Waals surface area (Å²) in [5.41, 5.74) is 6.86. The van der Waals surface area contributed by atoms with Gasteiger partial charge < -0.3 is 5.73 Å². The van der Waals surface area contributed by atoms with Crippen LogP contribution in [0.5, 0.6) is 0 Å². The van der Waals surface area contributed by atoms with Crippen molar-refractivity contribution in [1.82, 2.24) is 0 Å². The highest BCUT2D eigenvalue weighted by atomic mass is 14.7. The van der Waals surface area contributed by atoms with Crippen LogP contribution in [0.3, 0.4) is 0 Å². The smallest absolute Gasteiger partial charge is 0.00417 e. The Balaban J connectivity index is 1.90. The fourth-order valence-electron chi connectivity index (χ4n) is 5.89. The third kappa shape index (κ3) is 1.69. The van der Waals surface area contributed by atoms with E-state index in [-0.39, 0.29) is 0 Å². The van der Waals surface area contributed by atoms with Crippen LogP contribution in [-0.2, 0) is 0 Å². The molecule has 0 aliphatic heterocycles. The molecule has 1 nitrogen and oxygen atoms in total. The molecule has 7 unspecified atom stereocenters. The Morgan fingerprint density at radius 3 is 2.28 bits per heavy atom. The summed E-state index contributed by atoms with van der Waals surface area (Å²) in [6.07, 6.45) is 7.31. The first kappa shape index (κ1) is 13.0. The van der Waals surface area contributed by atoms with Crippen molar-refractivity contribution in [2.24, 2.45) is 46.7 Å². The summed E-state index contributed by atoms with van der Waals surface area (Å²) in [6.45, 7) is 9.64. The molecule has 18 heavy (non-hydrogen) atoms. The molecule has 2 N–H and O–H groups in total. The standard InChI is InChI=1S/C17H31N/c1-5-17(3,4)14-9-13(10(2)18)15-11-6-7-12(8-11)16(14)15/h10-16H,5-9,18H2,1-4H3. The summed E-state index contributed by atoms with van der Waals surface area (Å²) in [7, 11) is 0. The van der Waals surface area contributed by atoms with Gasteiger partial charge in [0.15, 0.2) is 0 Å². The second-order valence-corrected chi connectivity index (χ2v) is 8.20. The van der Waals surface area contributed by atoms with Crippen LogP contribution < -0.4 is 5.73 Å². The third-order valence-corrected chi connectivity index (χ3v) is 7.12. The number of fused-ring (bicyclic) bond motifs is 5. The van der Waals surface area contributed by atoms with Crippen LogP contribution >= 0.6 is 0 Å². The molecule has 0 heterocycles. The summed E-state index contributed by atoms with van der Waals surface area (Å²) >= 11 is 0. The molecule has 0 radical (unpaired) electrons. The zero-order valence-electron chi connectivity index (χ0n) is 12.7. The number of hydrogen-bond acceptors (Lipinski definition) is 1. The van der Waals surface area contributed by atoms with Crippen LogP contribution in [0.2, 0.25) is 0 Å². The molecule has 3 rings (SSSR count). The Kier molecular flexibility index (Phi) is 3.05. The molecule has 104 valence electrons. The number of nitrogens with two attached hydrogens (primary N) is 1. The molecule has 7 atom stereocenters. The Morgan fingerprint density at radius 1 is 1.11 bits per heavy atom. The fourth-order valence-corrected chi connectivity index (χ4v) is 5.89. The van der Waals surface area contributed by atoms with Crippen LogP contribution in [0.25, 0.3) is 0 Å². The molecule has 3 aliphatic carbocycles. The predicted molar refractivity (Wildman–Crippen MR) is 77.1 cm³/mol. The summed E-state index contributed by atoms with van der Waals surface area (Å²) in [6, 6.07) is 0.412. The van der Waals surface area contributed by atoms with Gasteiger partial charge in [0.25, 0.3) is 0 Å². The summed E-state index contributed by atoms with van der Waals surface area (Å²) < 4.78 is 0. The maximum atomic E-state index is 6.33. The van der Waals surface area contributed by atoms with Gasteiger partial charge in [-0.05, 0) is 73.5 Å². The summed E-state index contributed by atoms with van der Waals surface area (Å²) in [5.74, 6) is 5.86. The first-order chi connectivity index (χ1) is 8.45. The average Bonchev–Trinajstić information content (AvgIpc) is 2.99. The molecule has 3 aliphatic rings. The molecular weight excluding hydrogens is 218 g/mol. The van der Waals surface area contributed by atoms with E-state index in [1.165, 1.54) is 32.1 Å². The van der Waals surface area contributed by atoms with Gasteiger partial charge >= 0.3 is 0 Å². The van der Waals surface area contributed by atoms with Crippen LogP contribution in [0.4, 0.5) is 0 Å². The van der Waals surface area contributed by atoms with E-state index < -0.39 is 0 Å². The zero-order valence-corrected chi connectivity index (χ0v) is 12.7. The van der Waals surface area contributed by atoms with Gasteiger partial charge in [-0.15, -0.1) is 0 Å². The molecule has 0 spiro atoms. The first-order valence-electron chi connectivity index (χ1n) is 8.21. The minimum Gasteiger partial charge on any atom is -0.328 e. The van der Waals surface area contributed by atoms with Gasteiger partial charge in [-0.2, -0.15) is 0 Å². The first-order valence-corrected chi connectivity index (χ1v) is 8.21. The van der Waals surface area contributed by atoms with Crippen LogP contribution in [0.15, 0.2) is 0 Å². The average molecular weight is 249 g/mol. The lowest BCUT2D eigenvalue weighted by Crippen LogP contribution is -2.34. The van der Waals surface area contributed by atoms with E-state index in [0.29, 0.717) is 11.5 Å². The molecule has 1 heteroatoms. The monoisotopic (exact) mass is 249 g/mol. The molecule has 0 aromatic heterocycles. The van der Waals surface area contributed by atoms with Crippen molar-refractivity contribution in [2.75, 3.05) is 0 Å². The highest BCUT2D eigenvalue weighted by Crippen LogP contribution is 2.66. The minimum atomic E-state index is 0.412. The van der Waals surface area contributed by atoms with Crippen molar-refractivity contribution in [1.29, 1.82) is 0 Å². The van der Waals surface area contributed by atoms with Crippen LogP contribution in [-0.4, -0.2) is 6.04 Å². The Hall–Kier alpha value is -0.0400. The highest BCUT2D eigenvalue weighted by molar-refractivity contribution is 5.09. The molecule has 0 saturated heterocycles. The van der Waals surface area contributed by atoms with Crippen molar-refractivity contribution in [3.05, 3.63) is 0 Å². The van der Waals surface area contributed by atoms with E-state index in [1.807, 2.05) is 0 Å². The molecule has 0 aromatic rings. The summed E-state index contributed by atoms with van der Waals surface area (Å²) in [5, 5.41) is 0. The lowest BCUT2D eigenvalue weighted by atomic mass is 9.66. The van der Waals surface area contributed by atoms with Crippen molar-refractivity contribution >= 4 is 0 Å². The van der Waals surface area contributed by atoms with Crippen molar-refractivity contribution in [3.63, 3.8) is 0 Å². The minimum absolute atomic E-state index is 0.412. The van der Waals surface area contributed by atoms with E-state index in [4.69, 9.17) is 5.73 Å². The fraction of sp³-hybridized carbons (Fsp3) is 1.00. The topological polar surface area (TPSA) is 26.0 Å². The SMILES string of the molecule is CCC(C)(C)C1CC(C(C)N)C2C3CCC(C3)C21. The van der Waals surface area contributed by atoms with Crippen molar-refractivity contribution in [2.45, 2.75) is 65.8 Å². The second-order valence-electron chi connectivity index (χ2n) is 8.20. The lowest BCUT2D eigenvalue weighted by molar-refractivity contribution is 0.102. The van der Waals surface area contributed by atoms with E-state index in [9.17, 15) is 0 Å². The van der Waals surface area contributed by atoms with Gasteiger partial charge in [0.2, 0.25) is 0 Å². The van der Waals surface area contributed by atoms with Crippen molar-refractivity contribution in [3.8, 4) is 0 Å². The molecule has 3 saturated carbocycles. The summed E-state index contributed by atoms with van der Waals surface area (Å²) in [4.78, 5) is 0. The third-order valence-electron chi connectivity index (χ3n) is 7.12. The van der Waals surface area contributed by atoms with E-state index >= 15 is 0 Å². The van der Waals surface area contributed by atoms with Gasteiger partial charge in [0, 0.05) is 6.04 Å². The Labute approximate surface area is 113 Å². The number of rotatable bonds is 3. The molecule has 0 amide bonds. The molecular formula is C17H31N. The van der Waals surface area contributed by atoms with Gasteiger partial charge in [-0.1, -0.05) is 27.2 Å². The predicted octanol–water partition coefficient (Wildman–Crippen LogP) is 4.07. The zero-order chi connectivity index (χ0) is 13.1. The van der Waals surface area contributed by atoms with Gasteiger partial charge in [-0.25, -0.2) is 0 Å². The largest absolute Gasteiger partial charge is 0.328 e. The quantitative estimate of drug-likeness (QED) is 0.801. The maximum Gasteiger partial charge on any atom is 0.00417 e. The lowest BCUT2D eigenvalue weighted by Gasteiger charge is -2.38. The van der Waals surface area contributed by atoms with E-state index in [1.54, 1.807) is 0 Å². The van der Waals surface area contributed by atoms with Crippen LogP contribution in [0, 0.1) is 40.9 Å². The van der Waals surface area contributed by atoms with Gasteiger partial charge in [0.05, 0.1) is 0 Å². The normalized spacial score (nSPS) is 48.5. The Morgan fingerprint density at radius 2 is 1.72 bits per heavy atom. The van der Waals surface area contributed by atoms with Crippen LogP contribution in [0.1, 0.15) is 59.8 Å².